The minimum Gasteiger partial charge on any atom is -0.334 e. The Hall–Kier alpha value is -2.23. The van der Waals surface area contributed by atoms with Gasteiger partial charge >= 0.3 is 0 Å². The summed E-state index contributed by atoms with van der Waals surface area (Å²) in [5, 5.41) is 0. The zero-order chi connectivity index (χ0) is 18.5. The van der Waals surface area contributed by atoms with E-state index in [9.17, 15) is 9.18 Å². The number of carbonyl (C=O) groups is 1. The lowest BCUT2D eigenvalue weighted by Crippen LogP contribution is -2.38. The molecule has 2 heterocycles. The summed E-state index contributed by atoms with van der Waals surface area (Å²) in [5.74, 6) is -0.321. The van der Waals surface area contributed by atoms with E-state index >= 15 is 0 Å². The number of carbonyl (C=O) groups excluding carboxylic acids is 1. The highest BCUT2D eigenvalue weighted by atomic mass is 19.1. The second-order valence-corrected chi connectivity index (χ2v) is 9.06. The Morgan fingerprint density at radius 1 is 1.19 bits per heavy atom. The maximum absolute atomic E-state index is 14.1. The van der Waals surface area contributed by atoms with Crippen molar-refractivity contribution < 1.29 is 9.18 Å². The topological polar surface area (TPSA) is 33.2 Å². The van der Waals surface area contributed by atoms with Gasteiger partial charge in [0.15, 0.2) is 0 Å². The molecule has 1 aliphatic heterocycles. The lowest BCUT2D eigenvalue weighted by molar-refractivity contribution is 0.0702. The van der Waals surface area contributed by atoms with Crippen LogP contribution in [0.4, 0.5) is 4.39 Å². The molecule has 1 amide bonds. The van der Waals surface area contributed by atoms with Crippen molar-refractivity contribution in [3.63, 3.8) is 0 Å². The first-order valence-electron chi connectivity index (χ1n) is 9.28. The first-order chi connectivity index (χ1) is 12.3. The van der Waals surface area contributed by atoms with E-state index in [1.165, 1.54) is 6.07 Å². The van der Waals surface area contributed by atoms with Gasteiger partial charge in [-0.15, -0.1) is 0 Å². The van der Waals surface area contributed by atoms with Crippen molar-refractivity contribution in [2.24, 2.45) is 10.8 Å². The van der Waals surface area contributed by atoms with Gasteiger partial charge in [0.2, 0.25) is 0 Å². The average molecular weight is 352 g/mol. The maximum Gasteiger partial charge on any atom is 0.272 e. The second-order valence-electron chi connectivity index (χ2n) is 9.06. The summed E-state index contributed by atoms with van der Waals surface area (Å²) in [6.45, 7) is 7.66. The molecule has 4 rings (SSSR count). The molecular weight excluding hydrogens is 327 g/mol. The normalized spacial score (nSPS) is 26.8. The predicted octanol–water partition coefficient (Wildman–Crippen LogP) is 4.93. The molecule has 0 radical (unpaired) electrons. The van der Waals surface area contributed by atoms with Gasteiger partial charge in [-0.3, -0.25) is 9.78 Å². The van der Waals surface area contributed by atoms with Crippen LogP contribution in [0.3, 0.4) is 0 Å². The molecule has 0 unspecified atom stereocenters. The molecule has 2 aliphatic rings. The lowest BCUT2D eigenvalue weighted by atomic mass is 9.65. The molecule has 1 saturated heterocycles. The molecule has 1 aliphatic carbocycles. The van der Waals surface area contributed by atoms with Crippen LogP contribution >= 0.6 is 0 Å². The number of benzene rings is 1. The average Bonchev–Trinajstić information content (AvgIpc) is 2.83. The molecule has 4 heteroatoms. The Bertz CT molecular complexity index is 863. The number of amides is 1. The lowest BCUT2D eigenvalue weighted by Gasteiger charge is -2.39. The van der Waals surface area contributed by atoms with E-state index in [1.807, 2.05) is 4.90 Å². The first-order valence-corrected chi connectivity index (χ1v) is 9.28. The summed E-state index contributed by atoms with van der Waals surface area (Å²) in [7, 11) is 0. The molecule has 136 valence electrons. The second kappa shape index (κ2) is 5.90. The number of fused-ring (bicyclic) bond motifs is 2. The number of halogens is 1. The molecule has 2 atom stereocenters. The van der Waals surface area contributed by atoms with Gasteiger partial charge in [0.1, 0.15) is 11.5 Å². The largest absolute Gasteiger partial charge is 0.334 e. The smallest absolute Gasteiger partial charge is 0.272 e. The molecule has 2 aromatic rings. The van der Waals surface area contributed by atoms with Gasteiger partial charge in [0.25, 0.3) is 5.91 Å². The van der Waals surface area contributed by atoms with Crippen molar-refractivity contribution in [1.29, 1.82) is 0 Å². The van der Waals surface area contributed by atoms with E-state index in [2.05, 4.69) is 25.8 Å². The van der Waals surface area contributed by atoms with Crippen LogP contribution < -0.4 is 0 Å². The van der Waals surface area contributed by atoms with Crippen LogP contribution in [-0.2, 0) is 0 Å². The van der Waals surface area contributed by atoms with Gasteiger partial charge in [-0.2, -0.15) is 0 Å². The van der Waals surface area contributed by atoms with E-state index in [0.29, 0.717) is 16.8 Å². The van der Waals surface area contributed by atoms with Gasteiger partial charge in [0.05, 0.1) is 0 Å². The molecular formula is C22H25FN2O. The third-order valence-electron chi connectivity index (χ3n) is 5.84. The predicted molar refractivity (Wildman–Crippen MR) is 100 cm³/mol. The van der Waals surface area contributed by atoms with E-state index in [0.717, 1.165) is 25.8 Å². The number of hydrogen-bond acceptors (Lipinski definition) is 2. The van der Waals surface area contributed by atoms with Crippen molar-refractivity contribution >= 4 is 5.91 Å². The number of nitrogens with zero attached hydrogens (tertiary/aromatic N) is 2. The SMILES string of the molecule is CC1(C)C[C@@H]2C[C@@](C)(CN2C(=O)c2cc(-c3ccccc3F)ccn2)C1. The number of hydrogen-bond donors (Lipinski definition) is 0. The highest BCUT2D eigenvalue weighted by Gasteiger charge is 2.51. The van der Waals surface area contributed by atoms with Crippen molar-refractivity contribution in [2.45, 2.75) is 46.1 Å². The number of likely N-dealkylation sites (tertiary alicyclic amines) is 1. The summed E-state index contributed by atoms with van der Waals surface area (Å²) in [6.07, 6.45) is 4.84. The third-order valence-corrected chi connectivity index (χ3v) is 5.84. The molecule has 0 spiro atoms. The molecule has 1 aromatic carbocycles. The minimum atomic E-state index is -0.289. The van der Waals surface area contributed by atoms with E-state index in [1.54, 1.807) is 36.5 Å². The van der Waals surface area contributed by atoms with Crippen LogP contribution in [0.25, 0.3) is 11.1 Å². The Morgan fingerprint density at radius 3 is 2.73 bits per heavy atom. The highest BCUT2D eigenvalue weighted by molar-refractivity contribution is 5.94. The van der Waals surface area contributed by atoms with Gasteiger partial charge in [-0.05, 0) is 53.9 Å². The highest BCUT2D eigenvalue weighted by Crippen LogP contribution is 2.52. The van der Waals surface area contributed by atoms with E-state index in [4.69, 9.17) is 0 Å². The Labute approximate surface area is 154 Å². The fourth-order valence-corrected chi connectivity index (χ4v) is 5.25. The zero-order valence-electron chi connectivity index (χ0n) is 15.6. The quantitative estimate of drug-likeness (QED) is 0.768. The van der Waals surface area contributed by atoms with Gasteiger partial charge < -0.3 is 4.90 Å². The van der Waals surface area contributed by atoms with Crippen LogP contribution in [-0.4, -0.2) is 28.4 Å². The summed E-state index contributed by atoms with van der Waals surface area (Å²) in [6, 6.07) is 10.4. The number of rotatable bonds is 2. The third kappa shape index (κ3) is 3.02. The molecule has 2 fully saturated rings. The Balaban J connectivity index is 1.64. The van der Waals surface area contributed by atoms with Crippen LogP contribution in [0, 0.1) is 16.6 Å². The summed E-state index contributed by atoms with van der Waals surface area (Å²) in [4.78, 5) is 19.5. The Kier molecular flexibility index (Phi) is 3.90. The van der Waals surface area contributed by atoms with Crippen molar-refractivity contribution in [2.75, 3.05) is 6.54 Å². The van der Waals surface area contributed by atoms with E-state index in [-0.39, 0.29) is 28.6 Å². The molecule has 1 saturated carbocycles. The zero-order valence-corrected chi connectivity index (χ0v) is 15.6. The van der Waals surface area contributed by atoms with Gasteiger partial charge in [-0.1, -0.05) is 39.0 Å². The van der Waals surface area contributed by atoms with Crippen molar-refractivity contribution in [3.05, 3.63) is 54.1 Å². The molecule has 26 heavy (non-hydrogen) atoms. The van der Waals surface area contributed by atoms with Crippen molar-refractivity contribution in [1.82, 2.24) is 9.88 Å². The number of aromatic nitrogens is 1. The van der Waals surface area contributed by atoms with Gasteiger partial charge in [0, 0.05) is 24.3 Å². The van der Waals surface area contributed by atoms with Crippen LogP contribution in [0.1, 0.15) is 50.5 Å². The molecule has 2 bridgehead atoms. The monoisotopic (exact) mass is 352 g/mol. The summed E-state index contributed by atoms with van der Waals surface area (Å²) >= 11 is 0. The van der Waals surface area contributed by atoms with Crippen LogP contribution in [0.5, 0.6) is 0 Å². The van der Waals surface area contributed by atoms with Crippen LogP contribution in [0.2, 0.25) is 0 Å². The Morgan fingerprint density at radius 2 is 1.96 bits per heavy atom. The summed E-state index contributed by atoms with van der Waals surface area (Å²) < 4.78 is 14.1. The molecule has 1 aromatic heterocycles. The standard InChI is InChI=1S/C22H25FN2O/c1-21(2)11-16-12-22(3,13-21)14-25(16)20(26)19-10-15(8-9-24-19)17-6-4-5-7-18(17)23/h4-10,16H,11-14H2,1-3H3/t16-,22-/m1/s1. The number of pyridine rings is 1. The molecule has 3 nitrogen and oxygen atoms in total. The fourth-order valence-electron chi connectivity index (χ4n) is 5.25. The molecule has 0 N–H and O–H groups in total. The fraction of sp³-hybridized carbons (Fsp3) is 0.455. The van der Waals surface area contributed by atoms with Crippen molar-refractivity contribution in [3.8, 4) is 11.1 Å². The van der Waals surface area contributed by atoms with Crippen LogP contribution in [0.15, 0.2) is 42.6 Å². The maximum atomic E-state index is 14.1. The van der Waals surface area contributed by atoms with E-state index < -0.39 is 0 Å². The minimum absolute atomic E-state index is 0.0328. The van der Waals surface area contributed by atoms with Gasteiger partial charge in [-0.25, -0.2) is 4.39 Å². The first kappa shape index (κ1) is 17.2. The summed E-state index contributed by atoms with van der Waals surface area (Å²) in [5.41, 5.74) is 2.03.